The van der Waals surface area contributed by atoms with Crippen LogP contribution in [0.15, 0.2) is 59.1 Å². The summed E-state index contributed by atoms with van der Waals surface area (Å²) in [4.78, 5) is 16.9. The van der Waals surface area contributed by atoms with Crippen LogP contribution in [-0.2, 0) is 0 Å². The Hall–Kier alpha value is -3.30. The number of halogens is 1. The summed E-state index contributed by atoms with van der Waals surface area (Å²) >= 11 is 5.92. The van der Waals surface area contributed by atoms with Crippen molar-refractivity contribution in [3.05, 3.63) is 70.9 Å². The van der Waals surface area contributed by atoms with Crippen LogP contribution in [0.2, 0.25) is 5.02 Å². The Morgan fingerprint density at radius 3 is 2.66 bits per heavy atom. The first-order valence-electron chi connectivity index (χ1n) is 9.42. The molecular formula is C22H19ClN4O2. The van der Waals surface area contributed by atoms with Crippen molar-refractivity contribution in [3.63, 3.8) is 0 Å². The number of para-hydroxylation sites is 1. The highest BCUT2D eigenvalue weighted by Gasteiger charge is 2.24. The van der Waals surface area contributed by atoms with Crippen LogP contribution in [-0.4, -0.2) is 42.1 Å². The number of nitrogens with zero attached hydrogens (tertiary/aromatic N) is 4. The number of carbonyl (C=O) groups excluding carboxylic acids is 1. The number of carbonyl (C=O) groups is 1. The molecule has 0 saturated carbocycles. The predicted octanol–water partition coefficient (Wildman–Crippen LogP) is 4.22. The molecule has 4 rings (SSSR count). The lowest BCUT2D eigenvalue weighted by molar-refractivity contribution is 0.0756. The molecule has 1 aliphatic rings. The summed E-state index contributed by atoms with van der Waals surface area (Å²) in [5.74, 6) is 0.383. The van der Waals surface area contributed by atoms with E-state index in [1.807, 2.05) is 36.4 Å². The van der Waals surface area contributed by atoms with Gasteiger partial charge in [-0.3, -0.25) is 4.79 Å². The second-order valence-corrected chi connectivity index (χ2v) is 7.28. The third kappa shape index (κ3) is 4.10. The van der Waals surface area contributed by atoms with Crippen molar-refractivity contribution in [1.82, 2.24) is 10.1 Å². The van der Waals surface area contributed by atoms with Gasteiger partial charge in [0.05, 0.1) is 11.3 Å². The maximum atomic E-state index is 12.9. The molecule has 146 valence electrons. The number of rotatable bonds is 3. The highest BCUT2D eigenvalue weighted by molar-refractivity contribution is 6.30. The van der Waals surface area contributed by atoms with E-state index in [4.69, 9.17) is 16.1 Å². The van der Waals surface area contributed by atoms with Crippen molar-refractivity contribution >= 4 is 23.2 Å². The molecule has 0 bridgehead atoms. The van der Waals surface area contributed by atoms with E-state index in [0.29, 0.717) is 41.7 Å². The molecule has 1 fully saturated rings. The lowest BCUT2D eigenvalue weighted by Crippen LogP contribution is -2.35. The number of aromatic nitrogens is 1. The second kappa shape index (κ2) is 8.38. The van der Waals surface area contributed by atoms with Crippen LogP contribution in [0, 0.1) is 11.3 Å². The van der Waals surface area contributed by atoms with Gasteiger partial charge in [0.25, 0.3) is 5.91 Å². The lowest BCUT2D eigenvalue weighted by atomic mass is 10.1. The Morgan fingerprint density at radius 1 is 1.07 bits per heavy atom. The summed E-state index contributed by atoms with van der Waals surface area (Å²) in [6, 6.07) is 18.7. The molecule has 29 heavy (non-hydrogen) atoms. The molecule has 3 aromatic rings. The average Bonchev–Trinajstić information content (AvgIpc) is 3.12. The summed E-state index contributed by atoms with van der Waals surface area (Å²) in [5.41, 5.74) is 2.67. The minimum absolute atomic E-state index is 0.149. The van der Waals surface area contributed by atoms with Crippen LogP contribution in [0.1, 0.15) is 22.5 Å². The van der Waals surface area contributed by atoms with Gasteiger partial charge >= 0.3 is 0 Å². The zero-order chi connectivity index (χ0) is 20.2. The molecule has 0 N–H and O–H groups in total. The van der Waals surface area contributed by atoms with Crippen molar-refractivity contribution in [3.8, 4) is 17.4 Å². The largest absolute Gasteiger partial charge is 0.369 e. The second-order valence-electron chi connectivity index (χ2n) is 6.85. The number of amides is 1. The van der Waals surface area contributed by atoms with Gasteiger partial charge in [0.15, 0.2) is 11.5 Å². The molecule has 2 aromatic carbocycles. The van der Waals surface area contributed by atoms with Crippen molar-refractivity contribution in [2.45, 2.75) is 6.42 Å². The third-order valence-corrected chi connectivity index (χ3v) is 5.26. The standard InChI is InChI=1S/C22H19ClN4O2/c23-18-8-6-16(7-9-18)21-14-19(25-29-21)22(28)27-11-3-10-26(12-13-27)20-5-2-1-4-17(20)15-24/h1-2,4-9,14H,3,10-13H2. The molecule has 1 aliphatic heterocycles. The Labute approximate surface area is 173 Å². The van der Waals surface area contributed by atoms with Gasteiger partial charge in [-0.2, -0.15) is 5.26 Å². The monoisotopic (exact) mass is 406 g/mol. The maximum absolute atomic E-state index is 12.9. The Morgan fingerprint density at radius 2 is 1.86 bits per heavy atom. The molecular weight excluding hydrogens is 388 g/mol. The fourth-order valence-electron chi connectivity index (χ4n) is 3.49. The van der Waals surface area contributed by atoms with Crippen LogP contribution < -0.4 is 4.90 Å². The summed E-state index contributed by atoms with van der Waals surface area (Å²) in [6.07, 6.45) is 0.813. The normalized spacial score (nSPS) is 14.3. The molecule has 0 unspecified atom stereocenters. The first kappa shape index (κ1) is 19.0. The van der Waals surface area contributed by atoms with Gasteiger partial charge < -0.3 is 14.3 Å². The van der Waals surface area contributed by atoms with Crippen molar-refractivity contribution in [2.75, 3.05) is 31.1 Å². The van der Waals surface area contributed by atoms with E-state index < -0.39 is 0 Å². The van der Waals surface area contributed by atoms with Crippen molar-refractivity contribution in [2.24, 2.45) is 0 Å². The number of hydrogen-bond acceptors (Lipinski definition) is 5. The smallest absolute Gasteiger partial charge is 0.276 e. The minimum atomic E-state index is -0.149. The first-order valence-corrected chi connectivity index (χ1v) is 9.79. The topological polar surface area (TPSA) is 73.4 Å². The van der Waals surface area contributed by atoms with Gasteiger partial charge in [-0.1, -0.05) is 28.9 Å². The van der Waals surface area contributed by atoms with Crippen molar-refractivity contribution in [1.29, 1.82) is 5.26 Å². The van der Waals surface area contributed by atoms with Crippen LogP contribution in [0.4, 0.5) is 5.69 Å². The molecule has 1 amide bonds. The Kier molecular flexibility index (Phi) is 5.50. The zero-order valence-corrected chi connectivity index (χ0v) is 16.5. The van der Waals surface area contributed by atoms with E-state index >= 15 is 0 Å². The van der Waals surface area contributed by atoms with Crippen LogP contribution in [0.25, 0.3) is 11.3 Å². The maximum Gasteiger partial charge on any atom is 0.276 e. The van der Waals surface area contributed by atoms with E-state index in [1.54, 1.807) is 23.1 Å². The van der Waals surface area contributed by atoms with Gasteiger partial charge in [-0.25, -0.2) is 0 Å². The quantitative estimate of drug-likeness (QED) is 0.651. The average molecular weight is 407 g/mol. The van der Waals surface area contributed by atoms with Gasteiger partial charge in [0.2, 0.25) is 0 Å². The Bertz CT molecular complexity index is 1060. The molecule has 0 aliphatic carbocycles. The van der Waals surface area contributed by atoms with Crippen LogP contribution in [0.5, 0.6) is 0 Å². The third-order valence-electron chi connectivity index (χ3n) is 5.01. The van der Waals surface area contributed by atoms with Gasteiger partial charge in [0, 0.05) is 42.8 Å². The molecule has 0 atom stereocenters. The number of hydrogen-bond donors (Lipinski definition) is 0. The molecule has 7 heteroatoms. The molecule has 0 radical (unpaired) electrons. The van der Waals surface area contributed by atoms with Crippen LogP contribution in [0.3, 0.4) is 0 Å². The lowest BCUT2D eigenvalue weighted by Gasteiger charge is -2.24. The number of benzene rings is 2. The van der Waals surface area contributed by atoms with E-state index in [2.05, 4.69) is 16.1 Å². The highest BCUT2D eigenvalue weighted by atomic mass is 35.5. The zero-order valence-electron chi connectivity index (χ0n) is 15.7. The molecule has 6 nitrogen and oxygen atoms in total. The Balaban J connectivity index is 1.46. The van der Waals surface area contributed by atoms with E-state index in [1.165, 1.54) is 0 Å². The molecule has 1 aromatic heterocycles. The van der Waals surface area contributed by atoms with Gasteiger partial charge in [-0.05, 0) is 42.8 Å². The van der Waals surface area contributed by atoms with E-state index in [0.717, 1.165) is 24.2 Å². The number of anilines is 1. The summed E-state index contributed by atoms with van der Waals surface area (Å²) < 4.78 is 5.37. The highest BCUT2D eigenvalue weighted by Crippen LogP contribution is 2.24. The van der Waals surface area contributed by atoms with E-state index in [-0.39, 0.29) is 5.91 Å². The molecule has 1 saturated heterocycles. The number of nitriles is 1. The SMILES string of the molecule is N#Cc1ccccc1N1CCCN(C(=O)c2cc(-c3ccc(Cl)cc3)on2)CC1. The van der Waals surface area contributed by atoms with Gasteiger partial charge in [0.1, 0.15) is 6.07 Å². The van der Waals surface area contributed by atoms with Crippen molar-refractivity contribution < 1.29 is 9.32 Å². The van der Waals surface area contributed by atoms with E-state index in [9.17, 15) is 10.1 Å². The van der Waals surface area contributed by atoms with Crippen LogP contribution >= 0.6 is 11.6 Å². The molecule has 2 heterocycles. The summed E-state index contributed by atoms with van der Waals surface area (Å²) in [6.45, 7) is 2.64. The van der Waals surface area contributed by atoms with Gasteiger partial charge in [-0.15, -0.1) is 0 Å². The fourth-order valence-corrected chi connectivity index (χ4v) is 3.62. The first-order chi connectivity index (χ1) is 14.2. The summed E-state index contributed by atoms with van der Waals surface area (Å²) in [7, 11) is 0. The predicted molar refractivity (Wildman–Crippen MR) is 111 cm³/mol. The summed E-state index contributed by atoms with van der Waals surface area (Å²) in [5, 5.41) is 14.0. The minimum Gasteiger partial charge on any atom is -0.369 e. The molecule has 0 spiro atoms. The fraction of sp³-hybridized carbons (Fsp3) is 0.227.